The standard InChI is InChI=1S/C24H38.C20H38.C19H36/c1-3-5-19-7-11-21(12-8-19)23-15-17-24(18-16-23)22-13-9-20(6-4-2)10-14-22;1-3-5-6-8-18-11-15-20(16-12-18)19-13-9-17(7-4-2)10-14-19;1-3-5-7-17-10-14-19(15-11-17)18-12-8-16(6-4-2)9-13-18/h7-8,11-12,20,22-24H,3-6,9-10,13-18H2,1-2H3;17-20H,3-16H2,1-2H3;16-19H,3-15H2,1-2H3. The molecule has 0 heteroatoms. The van der Waals surface area contributed by atoms with Crippen molar-refractivity contribution in [2.45, 2.75) is 298 Å². The molecule has 0 unspecified atom stereocenters. The van der Waals surface area contributed by atoms with E-state index in [0.29, 0.717) is 0 Å². The third-order valence-electron chi connectivity index (χ3n) is 19.5. The number of aryl methyl sites for hydroxylation is 1. The highest BCUT2D eigenvalue weighted by Crippen LogP contribution is 2.46. The van der Waals surface area contributed by atoms with Gasteiger partial charge in [0, 0.05) is 0 Å². The number of unbranched alkanes of at least 4 members (excludes halogenated alkanes) is 3. The van der Waals surface area contributed by atoms with Crippen LogP contribution < -0.4 is 0 Å². The molecular weight excluding hydrogens is 757 g/mol. The van der Waals surface area contributed by atoms with Crippen LogP contribution in [0.2, 0.25) is 0 Å². The van der Waals surface area contributed by atoms with Gasteiger partial charge in [-0.1, -0.05) is 220 Å². The van der Waals surface area contributed by atoms with Gasteiger partial charge < -0.3 is 0 Å². The Kier molecular flexibility index (Phi) is 26.4. The molecule has 0 spiro atoms. The molecule has 63 heavy (non-hydrogen) atoms. The maximum absolute atomic E-state index is 2.42. The van der Waals surface area contributed by atoms with Crippen LogP contribution >= 0.6 is 0 Å². The second-order valence-electron chi connectivity index (χ2n) is 24.0. The Morgan fingerprint density at radius 1 is 0.286 bits per heavy atom. The average molecular weight is 870 g/mol. The summed E-state index contributed by atoms with van der Waals surface area (Å²) in [5.41, 5.74) is 3.12. The van der Waals surface area contributed by atoms with Crippen LogP contribution in [0.15, 0.2) is 24.3 Å². The van der Waals surface area contributed by atoms with Gasteiger partial charge in [0.05, 0.1) is 0 Å². The zero-order chi connectivity index (χ0) is 44.5. The second-order valence-corrected chi connectivity index (χ2v) is 24.0. The van der Waals surface area contributed by atoms with Crippen molar-refractivity contribution in [3.8, 4) is 0 Å². The van der Waals surface area contributed by atoms with Gasteiger partial charge in [0.15, 0.2) is 0 Å². The summed E-state index contributed by atoms with van der Waals surface area (Å²) in [6, 6.07) is 9.59. The van der Waals surface area contributed by atoms with E-state index < -0.39 is 0 Å². The Labute approximate surface area is 396 Å². The molecule has 0 radical (unpaired) electrons. The van der Waals surface area contributed by atoms with Crippen LogP contribution in [0.5, 0.6) is 0 Å². The minimum atomic E-state index is 0.841. The monoisotopic (exact) mass is 869 g/mol. The van der Waals surface area contributed by atoms with Gasteiger partial charge in [-0.25, -0.2) is 0 Å². The molecule has 6 fully saturated rings. The van der Waals surface area contributed by atoms with Gasteiger partial charge in [0.25, 0.3) is 0 Å². The fourth-order valence-corrected chi connectivity index (χ4v) is 15.3. The molecule has 0 aromatic heterocycles. The van der Waals surface area contributed by atoms with Crippen molar-refractivity contribution in [1.82, 2.24) is 0 Å². The first-order valence-electron chi connectivity index (χ1n) is 30.0. The maximum atomic E-state index is 2.42. The molecular formula is C63H112. The fourth-order valence-electron chi connectivity index (χ4n) is 15.3. The molecule has 364 valence electrons. The predicted octanol–water partition coefficient (Wildman–Crippen LogP) is 21.1. The molecule has 0 bridgehead atoms. The molecule has 6 saturated carbocycles. The number of rotatable bonds is 19. The largest absolute Gasteiger partial charge is 0.0654 e. The highest BCUT2D eigenvalue weighted by Gasteiger charge is 2.33. The Morgan fingerprint density at radius 3 is 0.889 bits per heavy atom. The maximum Gasteiger partial charge on any atom is -0.0162 e. The summed E-state index contributed by atoms with van der Waals surface area (Å²) in [5.74, 6) is 12.8. The lowest BCUT2D eigenvalue weighted by molar-refractivity contribution is 0.140. The average Bonchev–Trinajstić information content (AvgIpc) is 3.33. The molecule has 0 N–H and O–H groups in total. The van der Waals surface area contributed by atoms with Gasteiger partial charge in [0.2, 0.25) is 0 Å². The number of benzene rings is 1. The zero-order valence-corrected chi connectivity index (χ0v) is 43.8. The first kappa shape index (κ1) is 53.2. The van der Waals surface area contributed by atoms with Gasteiger partial charge in [-0.15, -0.1) is 0 Å². The normalized spacial score (nSPS) is 33.9. The van der Waals surface area contributed by atoms with Crippen molar-refractivity contribution in [1.29, 1.82) is 0 Å². The van der Waals surface area contributed by atoms with Crippen molar-refractivity contribution >= 4 is 0 Å². The van der Waals surface area contributed by atoms with Crippen molar-refractivity contribution in [3.05, 3.63) is 35.4 Å². The van der Waals surface area contributed by atoms with Gasteiger partial charge >= 0.3 is 0 Å². The summed E-state index contributed by atoms with van der Waals surface area (Å²) in [6.45, 7) is 14.0. The number of hydrogen-bond donors (Lipinski definition) is 0. The summed E-state index contributed by atoms with van der Waals surface area (Å²) in [4.78, 5) is 0. The van der Waals surface area contributed by atoms with E-state index in [2.05, 4.69) is 65.8 Å². The third-order valence-corrected chi connectivity index (χ3v) is 19.5. The Balaban J connectivity index is 0.000000180. The summed E-state index contributed by atoms with van der Waals surface area (Å²) in [5, 5.41) is 0. The fraction of sp³-hybridized carbons (Fsp3) is 0.905. The lowest BCUT2D eigenvalue weighted by Crippen LogP contribution is -2.25. The molecule has 1 aromatic rings. The van der Waals surface area contributed by atoms with E-state index in [1.807, 2.05) is 0 Å². The minimum absolute atomic E-state index is 0.841. The van der Waals surface area contributed by atoms with Crippen LogP contribution in [-0.2, 0) is 6.42 Å². The summed E-state index contributed by atoms with van der Waals surface area (Å²) < 4.78 is 0. The van der Waals surface area contributed by atoms with Crippen molar-refractivity contribution in [2.75, 3.05) is 0 Å². The first-order valence-corrected chi connectivity index (χ1v) is 30.0. The molecule has 6 aliphatic carbocycles. The molecule has 6 aliphatic rings. The van der Waals surface area contributed by atoms with Gasteiger partial charge in [0.1, 0.15) is 0 Å². The molecule has 7 rings (SSSR count). The molecule has 0 nitrogen and oxygen atoms in total. The van der Waals surface area contributed by atoms with Crippen molar-refractivity contribution in [2.24, 2.45) is 65.1 Å². The third kappa shape index (κ3) is 19.0. The van der Waals surface area contributed by atoms with Gasteiger partial charge in [-0.05, 0) is 178 Å². The van der Waals surface area contributed by atoms with Crippen LogP contribution in [0.1, 0.15) is 303 Å². The van der Waals surface area contributed by atoms with Crippen LogP contribution in [0.3, 0.4) is 0 Å². The molecule has 0 atom stereocenters. The van der Waals surface area contributed by atoms with E-state index in [0.717, 1.165) is 71.0 Å². The summed E-state index contributed by atoms with van der Waals surface area (Å²) in [7, 11) is 0. The highest BCUT2D eigenvalue weighted by atomic mass is 14.4. The van der Waals surface area contributed by atoms with E-state index in [1.54, 1.807) is 108 Å². The summed E-state index contributed by atoms with van der Waals surface area (Å²) >= 11 is 0. The van der Waals surface area contributed by atoms with Gasteiger partial charge in [-0.2, -0.15) is 0 Å². The SMILES string of the molecule is CCCCC1CCC(C2CCC(CCC)CC2)CC1.CCCCCC1CCC(C2CCC(CCC)CC2)CC1.CCCc1ccc(C2CCC(C3CCC(CCC)CC3)CC2)cc1. The quantitative estimate of drug-likeness (QED) is 0.122. The molecule has 1 aromatic carbocycles. The lowest BCUT2D eigenvalue weighted by atomic mass is 9.68. The predicted molar refractivity (Wildman–Crippen MR) is 281 cm³/mol. The smallest absolute Gasteiger partial charge is 0.0162 e. The van der Waals surface area contributed by atoms with E-state index in [-0.39, 0.29) is 0 Å². The summed E-state index contributed by atoms with van der Waals surface area (Å²) in [6.07, 6.45) is 58.3. The van der Waals surface area contributed by atoms with Crippen molar-refractivity contribution in [3.63, 3.8) is 0 Å². The van der Waals surface area contributed by atoms with Crippen molar-refractivity contribution < 1.29 is 0 Å². The van der Waals surface area contributed by atoms with Crippen LogP contribution in [-0.4, -0.2) is 0 Å². The Bertz CT molecular complexity index is 1190. The van der Waals surface area contributed by atoms with E-state index in [1.165, 1.54) is 153 Å². The zero-order valence-electron chi connectivity index (χ0n) is 43.8. The Hall–Kier alpha value is -0.780. The minimum Gasteiger partial charge on any atom is -0.0654 e. The topological polar surface area (TPSA) is 0 Å². The van der Waals surface area contributed by atoms with Crippen LogP contribution in [0, 0.1) is 65.1 Å². The number of hydrogen-bond acceptors (Lipinski definition) is 0. The Morgan fingerprint density at radius 2 is 0.587 bits per heavy atom. The molecule has 0 saturated heterocycles. The first-order chi connectivity index (χ1) is 31.0. The van der Waals surface area contributed by atoms with Crippen LogP contribution in [0.25, 0.3) is 0 Å². The van der Waals surface area contributed by atoms with Crippen LogP contribution in [0.4, 0.5) is 0 Å². The lowest BCUT2D eigenvalue weighted by Gasteiger charge is -2.38. The van der Waals surface area contributed by atoms with Gasteiger partial charge in [-0.3, -0.25) is 0 Å². The second kappa shape index (κ2) is 31.3. The van der Waals surface area contributed by atoms with E-state index in [4.69, 9.17) is 0 Å². The van der Waals surface area contributed by atoms with E-state index in [9.17, 15) is 0 Å². The molecule has 0 aliphatic heterocycles. The molecule has 0 heterocycles. The highest BCUT2D eigenvalue weighted by molar-refractivity contribution is 5.26. The molecule has 0 amide bonds. The van der Waals surface area contributed by atoms with E-state index >= 15 is 0 Å².